The second-order valence-corrected chi connectivity index (χ2v) is 17.2. The van der Waals surface area contributed by atoms with Crippen LogP contribution in [-0.4, -0.2) is 118 Å². The Labute approximate surface area is 245 Å². The lowest BCUT2D eigenvalue weighted by Crippen LogP contribution is -2.14. The van der Waals surface area contributed by atoms with Gasteiger partial charge in [0.05, 0.1) is 41.7 Å². The number of carbonyl (C=O) groups is 2. The van der Waals surface area contributed by atoms with Crippen molar-refractivity contribution >= 4 is 116 Å². The molecule has 35 heavy (non-hydrogen) atoms. The molecule has 208 valence electrons. The summed E-state index contributed by atoms with van der Waals surface area (Å²) in [6.07, 6.45) is 0. The first-order chi connectivity index (χ1) is 17.1. The maximum atomic E-state index is 12.0. The smallest absolute Gasteiger partial charge is 0.315 e. The monoisotopic (exact) mass is 666 g/mol. The number of hydrogen-bond donors (Lipinski definition) is 2. The van der Waals surface area contributed by atoms with Crippen LogP contribution in [0.25, 0.3) is 0 Å². The van der Waals surface area contributed by atoms with Gasteiger partial charge in [0.15, 0.2) is 10.2 Å². The molecule has 0 saturated heterocycles. The molecule has 0 aliphatic rings. The van der Waals surface area contributed by atoms with Crippen molar-refractivity contribution in [2.45, 2.75) is 0 Å². The van der Waals surface area contributed by atoms with Crippen molar-refractivity contribution in [3.8, 4) is 0 Å². The van der Waals surface area contributed by atoms with E-state index in [-0.39, 0.29) is 28.7 Å². The third-order valence-electron chi connectivity index (χ3n) is 3.13. The molecule has 0 heterocycles. The molecule has 8 nitrogen and oxygen atoms in total. The van der Waals surface area contributed by atoms with Crippen LogP contribution < -0.4 is 0 Å². The van der Waals surface area contributed by atoms with E-state index in [1.54, 1.807) is 23.5 Å². The second kappa shape index (κ2) is 30.6. The number of esters is 1. The van der Waals surface area contributed by atoms with Crippen LogP contribution in [-0.2, 0) is 35.3 Å². The topological polar surface area (TPSA) is 125 Å². The first kappa shape index (κ1) is 37.1. The lowest BCUT2D eigenvalue weighted by Gasteiger charge is -2.10. The highest BCUT2D eigenvalue weighted by molar-refractivity contribution is 8.27. The van der Waals surface area contributed by atoms with E-state index in [0.29, 0.717) is 58.8 Å². The normalized spacial score (nSPS) is 12.1. The van der Waals surface area contributed by atoms with Gasteiger partial charge in [-0.2, -0.15) is 11.8 Å². The standard InChI is InChI=1S/C18H34O8S9/c19-11-31-13-29-4-1-24-17(21)9-28-7-8-35(23)16-33-15-34-18(22)10-27-5-2-25-26-3-6-30-14-32-12-20/h19-20H,1-16H2. The maximum absolute atomic E-state index is 12.0. The molecular weight excluding hydrogens is 633 g/mol. The van der Waals surface area contributed by atoms with Gasteiger partial charge in [-0.1, -0.05) is 23.5 Å². The van der Waals surface area contributed by atoms with E-state index in [9.17, 15) is 14.1 Å². The Kier molecular flexibility index (Phi) is 32.5. The first-order valence-electron chi connectivity index (χ1n) is 10.3. The highest BCUT2D eigenvalue weighted by Gasteiger charge is 2.10. The largest absolute Gasteiger partial charge is 0.616 e. The molecule has 0 aliphatic heterocycles. The molecule has 1 unspecified atom stereocenters. The molecule has 17 heteroatoms. The Morgan fingerprint density at radius 1 is 0.714 bits per heavy atom. The molecule has 0 bridgehead atoms. The summed E-state index contributed by atoms with van der Waals surface area (Å²) in [5.41, 5.74) is 0. The van der Waals surface area contributed by atoms with E-state index in [2.05, 4.69) is 0 Å². The van der Waals surface area contributed by atoms with E-state index in [1.807, 2.05) is 0 Å². The summed E-state index contributed by atoms with van der Waals surface area (Å²) in [6, 6.07) is 0. The van der Waals surface area contributed by atoms with Crippen LogP contribution in [0.2, 0.25) is 0 Å². The lowest BCUT2D eigenvalue weighted by atomic mass is 10.8. The van der Waals surface area contributed by atoms with Crippen LogP contribution >= 0.6 is 94.1 Å². The number of hydrogen-bond acceptors (Lipinski definition) is 16. The van der Waals surface area contributed by atoms with Gasteiger partial charge in [-0.25, -0.2) is 9.78 Å². The molecule has 0 aromatic rings. The minimum absolute atomic E-state index is 0.0894. The van der Waals surface area contributed by atoms with Gasteiger partial charge in [-0.15, -0.1) is 58.8 Å². The summed E-state index contributed by atoms with van der Waals surface area (Å²) in [4.78, 5) is 33.6. The quantitative estimate of drug-likeness (QED) is 0.0332. The second-order valence-electron chi connectivity index (χ2n) is 5.79. The van der Waals surface area contributed by atoms with Gasteiger partial charge in [-0.05, 0) is 11.2 Å². The molecule has 0 radical (unpaired) electrons. The van der Waals surface area contributed by atoms with Crippen molar-refractivity contribution in [3.63, 3.8) is 0 Å². The summed E-state index contributed by atoms with van der Waals surface area (Å²) in [5, 5.41) is 20.0. The molecule has 0 spiro atoms. The molecule has 0 aromatic heterocycles. The van der Waals surface area contributed by atoms with Crippen molar-refractivity contribution in [2.75, 3.05) is 92.3 Å². The Morgan fingerprint density at radius 2 is 1.31 bits per heavy atom. The predicted octanol–water partition coefficient (Wildman–Crippen LogP) is 3.35. The van der Waals surface area contributed by atoms with Gasteiger partial charge >= 0.3 is 5.97 Å². The number of carbonyl (C=O) groups excluding carboxylic acids is 2. The fourth-order valence-electron chi connectivity index (χ4n) is 1.67. The van der Waals surface area contributed by atoms with E-state index >= 15 is 0 Å². The van der Waals surface area contributed by atoms with E-state index in [1.165, 1.54) is 70.6 Å². The van der Waals surface area contributed by atoms with Gasteiger partial charge in [0.2, 0.25) is 0 Å². The summed E-state index contributed by atoms with van der Waals surface area (Å²) < 4.78 is 17.1. The lowest BCUT2D eigenvalue weighted by molar-refractivity contribution is -0.285. The molecule has 0 amide bonds. The molecule has 0 saturated carbocycles. The van der Waals surface area contributed by atoms with Crippen LogP contribution in [0.3, 0.4) is 0 Å². The zero-order valence-electron chi connectivity index (χ0n) is 19.3. The summed E-state index contributed by atoms with van der Waals surface area (Å²) in [5.74, 6) is 3.94. The number of rotatable bonds is 27. The van der Waals surface area contributed by atoms with Crippen LogP contribution in [0, 0.1) is 0 Å². The zero-order valence-corrected chi connectivity index (χ0v) is 26.7. The fourth-order valence-corrected chi connectivity index (χ4v) is 10.2. The average Bonchev–Trinajstić information content (AvgIpc) is 2.85. The average molecular weight is 667 g/mol. The van der Waals surface area contributed by atoms with Crippen molar-refractivity contribution in [2.24, 2.45) is 0 Å². The molecular formula is C18H34O8S9. The minimum atomic E-state index is -0.984. The number of aliphatic hydroxyl groups excluding tert-OH is 2. The first-order valence-corrected chi connectivity index (χ1v) is 20.8. The summed E-state index contributed by atoms with van der Waals surface area (Å²) in [6.45, 7) is 1.28. The van der Waals surface area contributed by atoms with Crippen molar-refractivity contribution in [3.05, 3.63) is 0 Å². The van der Waals surface area contributed by atoms with Crippen molar-refractivity contribution < 1.29 is 38.9 Å². The third-order valence-corrected chi connectivity index (χ3v) is 13.3. The van der Waals surface area contributed by atoms with Crippen LogP contribution in [0.5, 0.6) is 0 Å². The summed E-state index contributed by atoms with van der Waals surface area (Å²) >= 11 is 10.8. The molecule has 0 fully saturated rings. The number of thioether (sulfide) groups is 8. The van der Waals surface area contributed by atoms with E-state index < -0.39 is 11.2 Å². The summed E-state index contributed by atoms with van der Waals surface area (Å²) in [7, 11) is 0. The molecule has 0 rings (SSSR count). The Morgan fingerprint density at radius 3 is 1.97 bits per heavy atom. The van der Waals surface area contributed by atoms with Crippen molar-refractivity contribution in [1.29, 1.82) is 0 Å². The number of aliphatic hydroxyl groups is 2. The van der Waals surface area contributed by atoms with Gasteiger partial charge in [0.1, 0.15) is 12.4 Å². The van der Waals surface area contributed by atoms with Gasteiger partial charge < -0.3 is 19.5 Å². The SMILES string of the molecule is O=C(CSCC[S+]([O-])CSCSC(=O)CSCCOOCCSCSCO)OCCSCSCO. The van der Waals surface area contributed by atoms with Crippen LogP contribution in [0.1, 0.15) is 0 Å². The third kappa shape index (κ3) is 30.5. The highest BCUT2D eigenvalue weighted by atomic mass is 32.3. The Hall–Kier alpha value is 2.09. The fraction of sp³-hybridized carbons (Fsp3) is 0.889. The highest BCUT2D eigenvalue weighted by Crippen LogP contribution is 2.18. The molecule has 0 aliphatic carbocycles. The minimum Gasteiger partial charge on any atom is -0.616 e. The van der Waals surface area contributed by atoms with Gasteiger partial charge in [-0.3, -0.25) is 9.59 Å². The van der Waals surface area contributed by atoms with Gasteiger partial charge in [0, 0.05) is 33.2 Å². The molecule has 2 N–H and O–H groups in total. The molecule has 0 aromatic carbocycles. The van der Waals surface area contributed by atoms with E-state index in [0.717, 1.165) is 15.9 Å². The number of ether oxygens (including phenoxy) is 1. The van der Waals surface area contributed by atoms with Crippen LogP contribution in [0.4, 0.5) is 0 Å². The molecule has 1 atom stereocenters. The Balaban J connectivity index is 3.38. The van der Waals surface area contributed by atoms with Gasteiger partial charge in [0.25, 0.3) is 0 Å². The Bertz CT molecular complexity index is 497. The van der Waals surface area contributed by atoms with E-state index in [4.69, 9.17) is 24.7 Å². The van der Waals surface area contributed by atoms with Crippen LogP contribution in [0.15, 0.2) is 0 Å². The van der Waals surface area contributed by atoms with Crippen molar-refractivity contribution in [1.82, 2.24) is 0 Å². The zero-order chi connectivity index (χ0) is 25.8. The predicted molar refractivity (Wildman–Crippen MR) is 164 cm³/mol. The maximum Gasteiger partial charge on any atom is 0.315 e.